The van der Waals surface area contributed by atoms with E-state index in [1.165, 1.54) is 0 Å². The largest absolute Gasteiger partial charge is 0.353 e. The van der Waals surface area contributed by atoms with Crippen LogP contribution < -0.4 is 9.80 Å². The fraction of sp³-hybridized carbons (Fsp3) is 0.357. The van der Waals surface area contributed by atoms with Gasteiger partial charge in [0.2, 0.25) is 0 Å². The molecule has 1 aliphatic rings. The number of nitrogens with one attached hydrogen (secondary N) is 1. The summed E-state index contributed by atoms with van der Waals surface area (Å²) in [6.07, 6.45) is 4.84. The van der Waals surface area contributed by atoms with Crippen LogP contribution in [0.4, 0.5) is 11.6 Å². The van der Waals surface area contributed by atoms with Gasteiger partial charge in [0, 0.05) is 37.9 Å². The molecule has 4 rings (SSSR count). The lowest BCUT2D eigenvalue weighted by atomic mass is 10.3. The van der Waals surface area contributed by atoms with Gasteiger partial charge in [0.15, 0.2) is 11.5 Å². The Morgan fingerprint density at radius 2 is 1.68 bits per heavy atom. The van der Waals surface area contributed by atoms with Crippen molar-refractivity contribution in [2.75, 3.05) is 36.0 Å². The van der Waals surface area contributed by atoms with Crippen LogP contribution in [0.25, 0.3) is 11.2 Å². The number of rotatable bonds is 2. The Morgan fingerprint density at radius 3 is 2.50 bits per heavy atom. The summed E-state index contributed by atoms with van der Waals surface area (Å²) >= 11 is 0. The number of nitrogens with zero attached hydrogens (tertiary/aromatic N) is 7. The molecule has 0 unspecified atom stereocenters. The van der Waals surface area contributed by atoms with Gasteiger partial charge in [-0.25, -0.2) is 24.9 Å². The van der Waals surface area contributed by atoms with Crippen molar-refractivity contribution in [3.05, 3.63) is 30.7 Å². The Balaban J connectivity index is 1.53. The van der Waals surface area contributed by atoms with Crippen LogP contribution in [-0.4, -0.2) is 56.1 Å². The third-order valence-corrected chi connectivity index (χ3v) is 3.90. The molecule has 0 amide bonds. The smallest absolute Gasteiger partial charge is 0.182 e. The quantitative estimate of drug-likeness (QED) is 0.747. The van der Waals surface area contributed by atoms with E-state index >= 15 is 0 Å². The van der Waals surface area contributed by atoms with Gasteiger partial charge >= 0.3 is 0 Å². The van der Waals surface area contributed by atoms with E-state index in [1.54, 1.807) is 19.0 Å². The topological polar surface area (TPSA) is 86.7 Å². The molecule has 112 valence electrons. The van der Waals surface area contributed by atoms with Crippen molar-refractivity contribution in [3.8, 4) is 0 Å². The Hall–Kier alpha value is -2.77. The molecule has 3 aromatic heterocycles. The fourth-order valence-electron chi connectivity index (χ4n) is 2.75. The average Bonchev–Trinajstić information content (AvgIpc) is 3.04. The van der Waals surface area contributed by atoms with Gasteiger partial charge in [-0.2, -0.15) is 0 Å². The monoisotopic (exact) mass is 296 g/mol. The summed E-state index contributed by atoms with van der Waals surface area (Å²) in [5.74, 6) is 1.91. The summed E-state index contributed by atoms with van der Waals surface area (Å²) in [7, 11) is 0. The maximum absolute atomic E-state index is 4.41. The van der Waals surface area contributed by atoms with Gasteiger partial charge in [0.1, 0.15) is 24.0 Å². The van der Waals surface area contributed by atoms with Crippen LogP contribution in [-0.2, 0) is 0 Å². The van der Waals surface area contributed by atoms with E-state index in [0.717, 1.165) is 49.0 Å². The molecule has 3 aromatic rings. The van der Waals surface area contributed by atoms with E-state index in [9.17, 15) is 0 Å². The van der Waals surface area contributed by atoms with Crippen molar-refractivity contribution in [3.63, 3.8) is 0 Å². The third-order valence-electron chi connectivity index (χ3n) is 3.90. The molecule has 1 saturated heterocycles. The lowest BCUT2D eigenvalue weighted by Gasteiger charge is -2.36. The summed E-state index contributed by atoms with van der Waals surface area (Å²) in [6, 6.07) is 2.02. The molecule has 0 atom stereocenters. The van der Waals surface area contributed by atoms with E-state index < -0.39 is 0 Å². The minimum absolute atomic E-state index is 0.707. The number of aromatic nitrogens is 6. The summed E-state index contributed by atoms with van der Waals surface area (Å²) in [5, 5.41) is 0. The molecular formula is C14H16N8. The molecule has 1 N–H and O–H groups in total. The first-order chi connectivity index (χ1) is 10.8. The molecular weight excluding hydrogens is 280 g/mol. The second-order valence-corrected chi connectivity index (χ2v) is 5.29. The van der Waals surface area contributed by atoms with Crippen molar-refractivity contribution >= 4 is 22.8 Å². The lowest BCUT2D eigenvalue weighted by Crippen LogP contribution is -2.47. The first-order valence-electron chi connectivity index (χ1n) is 7.24. The molecule has 0 bridgehead atoms. The minimum Gasteiger partial charge on any atom is -0.353 e. The van der Waals surface area contributed by atoms with Gasteiger partial charge in [-0.1, -0.05) is 0 Å². The molecule has 0 radical (unpaired) electrons. The van der Waals surface area contributed by atoms with E-state index in [-0.39, 0.29) is 0 Å². The standard InChI is InChI=1S/C14H16N8/c1-10-6-11(16-7-15-10)21-2-4-22(5-3-21)14-12-13(18-8-17-12)19-9-20-14/h6-9H,2-5H2,1H3,(H,17,18,19,20). The molecule has 0 aliphatic carbocycles. The minimum atomic E-state index is 0.707. The zero-order chi connectivity index (χ0) is 14.9. The summed E-state index contributed by atoms with van der Waals surface area (Å²) in [4.78, 5) is 28.9. The van der Waals surface area contributed by atoms with E-state index in [1.807, 2.05) is 13.0 Å². The van der Waals surface area contributed by atoms with Crippen molar-refractivity contribution in [1.29, 1.82) is 0 Å². The van der Waals surface area contributed by atoms with E-state index in [0.29, 0.717) is 5.65 Å². The molecule has 0 aromatic carbocycles. The second kappa shape index (κ2) is 5.21. The first-order valence-corrected chi connectivity index (χ1v) is 7.24. The van der Waals surface area contributed by atoms with Crippen molar-refractivity contribution < 1.29 is 0 Å². The highest BCUT2D eigenvalue weighted by Gasteiger charge is 2.21. The molecule has 1 aliphatic heterocycles. The lowest BCUT2D eigenvalue weighted by molar-refractivity contribution is 0.641. The van der Waals surface area contributed by atoms with Crippen LogP contribution >= 0.6 is 0 Å². The van der Waals surface area contributed by atoms with Crippen LogP contribution in [0.2, 0.25) is 0 Å². The number of imidazole rings is 1. The Bertz CT molecular complexity index is 790. The summed E-state index contributed by atoms with van der Waals surface area (Å²) < 4.78 is 0. The highest BCUT2D eigenvalue weighted by molar-refractivity contribution is 5.82. The summed E-state index contributed by atoms with van der Waals surface area (Å²) in [6.45, 7) is 5.55. The maximum Gasteiger partial charge on any atom is 0.182 e. The number of H-pyrrole nitrogens is 1. The number of piperazine rings is 1. The third kappa shape index (κ3) is 2.22. The Kier molecular flexibility index (Phi) is 3.06. The number of fused-ring (bicyclic) bond motifs is 1. The highest BCUT2D eigenvalue weighted by Crippen LogP contribution is 2.22. The van der Waals surface area contributed by atoms with Crippen molar-refractivity contribution in [2.24, 2.45) is 0 Å². The van der Waals surface area contributed by atoms with Crippen LogP contribution in [0.5, 0.6) is 0 Å². The van der Waals surface area contributed by atoms with Gasteiger partial charge in [0.05, 0.1) is 6.33 Å². The van der Waals surface area contributed by atoms with Gasteiger partial charge in [0.25, 0.3) is 0 Å². The molecule has 8 heteroatoms. The predicted octanol–water partition coefficient (Wildman–Crippen LogP) is 0.778. The van der Waals surface area contributed by atoms with Crippen LogP contribution in [0, 0.1) is 6.92 Å². The summed E-state index contributed by atoms with van der Waals surface area (Å²) in [5.41, 5.74) is 2.59. The Morgan fingerprint density at radius 1 is 0.909 bits per heavy atom. The number of aryl methyl sites for hydroxylation is 1. The van der Waals surface area contributed by atoms with Crippen LogP contribution in [0.15, 0.2) is 25.0 Å². The Labute approximate surface area is 127 Å². The fourth-order valence-corrected chi connectivity index (χ4v) is 2.75. The van der Waals surface area contributed by atoms with Crippen molar-refractivity contribution in [1.82, 2.24) is 29.9 Å². The molecule has 0 spiro atoms. The van der Waals surface area contributed by atoms with Crippen LogP contribution in [0.3, 0.4) is 0 Å². The van der Waals surface area contributed by atoms with E-state index in [4.69, 9.17) is 0 Å². The average molecular weight is 296 g/mol. The number of anilines is 2. The van der Waals surface area contributed by atoms with Crippen LogP contribution in [0.1, 0.15) is 5.69 Å². The number of hydrogen-bond acceptors (Lipinski definition) is 7. The normalized spacial score (nSPS) is 15.5. The zero-order valence-electron chi connectivity index (χ0n) is 12.3. The second-order valence-electron chi connectivity index (χ2n) is 5.29. The van der Waals surface area contributed by atoms with E-state index in [2.05, 4.69) is 39.7 Å². The number of hydrogen-bond donors (Lipinski definition) is 1. The van der Waals surface area contributed by atoms with Gasteiger partial charge in [-0.05, 0) is 6.92 Å². The first kappa shape index (κ1) is 12.9. The molecule has 4 heterocycles. The molecule has 8 nitrogen and oxygen atoms in total. The molecule has 1 fully saturated rings. The van der Waals surface area contributed by atoms with Gasteiger partial charge in [-0.15, -0.1) is 0 Å². The number of aromatic amines is 1. The molecule has 22 heavy (non-hydrogen) atoms. The maximum atomic E-state index is 4.41. The zero-order valence-corrected chi connectivity index (χ0v) is 12.3. The van der Waals surface area contributed by atoms with Gasteiger partial charge < -0.3 is 14.8 Å². The predicted molar refractivity (Wildman–Crippen MR) is 82.9 cm³/mol. The SMILES string of the molecule is Cc1cc(N2CCN(c3ncnc4nc[nH]c34)CC2)ncn1. The van der Waals surface area contributed by atoms with Crippen molar-refractivity contribution in [2.45, 2.75) is 6.92 Å². The molecule has 0 saturated carbocycles. The highest BCUT2D eigenvalue weighted by atomic mass is 15.3. The van der Waals surface area contributed by atoms with Gasteiger partial charge in [-0.3, -0.25) is 0 Å².